The monoisotopic (exact) mass is 342 g/mol. The zero-order chi connectivity index (χ0) is 17.4. The summed E-state index contributed by atoms with van der Waals surface area (Å²) in [7, 11) is 0. The first-order chi connectivity index (χ1) is 12.1. The van der Waals surface area contributed by atoms with E-state index in [9.17, 15) is 15.0 Å². The second kappa shape index (κ2) is 6.24. The fraction of sp³-hybridized carbons (Fsp3) is 0.316. The molecule has 0 radical (unpaired) electrons. The van der Waals surface area contributed by atoms with Crippen LogP contribution >= 0.6 is 0 Å². The Hall–Kier alpha value is -2.25. The van der Waals surface area contributed by atoms with Crippen molar-refractivity contribution in [3.05, 3.63) is 65.7 Å². The average Bonchev–Trinajstić information content (AvgIpc) is 3.13. The molecule has 2 N–H and O–H groups in total. The first-order valence-electron chi connectivity index (χ1n) is 8.09. The first kappa shape index (κ1) is 16.2. The molecular weight excluding hydrogens is 324 g/mol. The van der Waals surface area contributed by atoms with E-state index in [1.807, 2.05) is 6.07 Å². The van der Waals surface area contributed by atoms with Gasteiger partial charge in [-0.15, -0.1) is 0 Å². The minimum Gasteiger partial charge on any atom is -0.423 e. The molecule has 4 atom stereocenters. The molecule has 4 rings (SSSR count). The molecule has 2 aliphatic heterocycles. The van der Waals surface area contributed by atoms with Gasteiger partial charge >= 0.3 is 5.97 Å². The fourth-order valence-corrected chi connectivity index (χ4v) is 3.35. The molecule has 0 aromatic heterocycles. The fourth-order valence-electron chi connectivity index (χ4n) is 3.35. The van der Waals surface area contributed by atoms with Gasteiger partial charge in [-0.05, 0) is 18.2 Å². The summed E-state index contributed by atoms with van der Waals surface area (Å²) in [4.78, 5) is 12.3. The van der Waals surface area contributed by atoms with Crippen LogP contribution in [0.2, 0.25) is 0 Å². The predicted molar refractivity (Wildman–Crippen MR) is 87.2 cm³/mol. The van der Waals surface area contributed by atoms with Gasteiger partial charge in [-0.1, -0.05) is 36.4 Å². The normalized spacial score (nSPS) is 30.4. The van der Waals surface area contributed by atoms with Crippen LogP contribution in [0.5, 0.6) is 5.75 Å². The SMILES string of the molecule is O=C(Oc1ccccc1C1OC2(CO)COC1C2O)c1ccccc1. The highest BCUT2D eigenvalue weighted by molar-refractivity contribution is 5.91. The molecule has 2 saturated heterocycles. The highest BCUT2D eigenvalue weighted by atomic mass is 16.6. The van der Waals surface area contributed by atoms with Crippen LogP contribution < -0.4 is 4.74 Å². The Morgan fingerprint density at radius 3 is 2.60 bits per heavy atom. The molecular formula is C19H18O6. The number of hydrogen-bond donors (Lipinski definition) is 2. The average molecular weight is 342 g/mol. The molecule has 2 bridgehead atoms. The quantitative estimate of drug-likeness (QED) is 0.646. The molecule has 2 heterocycles. The second-order valence-corrected chi connectivity index (χ2v) is 6.28. The van der Waals surface area contributed by atoms with E-state index in [1.54, 1.807) is 48.5 Å². The van der Waals surface area contributed by atoms with Crippen LogP contribution in [0.1, 0.15) is 22.0 Å². The van der Waals surface area contributed by atoms with Gasteiger partial charge in [0.25, 0.3) is 0 Å². The third-order valence-electron chi connectivity index (χ3n) is 4.74. The summed E-state index contributed by atoms with van der Waals surface area (Å²) < 4.78 is 17.0. The summed E-state index contributed by atoms with van der Waals surface area (Å²) in [6, 6.07) is 15.7. The highest BCUT2D eigenvalue weighted by Gasteiger charge is 2.61. The van der Waals surface area contributed by atoms with Crippen molar-refractivity contribution >= 4 is 5.97 Å². The van der Waals surface area contributed by atoms with Crippen molar-refractivity contribution < 1.29 is 29.2 Å². The Bertz CT molecular complexity index is 776. The molecule has 2 fully saturated rings. The Morgan fingerprint density at radius 2 is 1.88 bits per heavy atom. The number of benzene rings is 2. The third kappa shape index (κ3) is 2.63. The van der Waals surface area contributed by atoms with Crippen LogP contribution in [0.4, 0.5) is 0 Å². The van der Waals surface area contributed by atoms with Gasteiger partial charge in [-0.3, -0.25) is 0 Å². The lowest BCUT2D eigenvalue weighted by Crippen LogP contribution is -2.43. The minimum absolute atomic E-state index is 0.137. The number of rotatable bonds is 4. The van der Waals surface area contributed by atoms with Crippen molar-refractivity contribution in [1.29, 1.82) is 0 Å². The smallest absolute Gasteiger partial charge is 0.343 e. The van der Waals surface area contributed by atoms with Crippen molar-refractivity contribution in [2.45, 2.75) is 23.9 Å². The van der Waals surface area contributed by atoms with Gasteiger partial charge in [0, 0.05) is 5.56 Å². The molecule has 130 valence electrons. The van der Waals surface area contributed by atoms with Gasteiger partial charge in [-0.25, -0.2) is 4.79 Å². The maximum absolute atomic E-state index is 12.3. The van der Waals surface area contributed by atoms with E-state index in [4.69, 9.17) is 14.2 Å². The van der Waals surface area contributed by atoms with Crippen LogP contribution in [0, 0.1) is 0 Å². The number of carbonyl (C=O) groups excluding carboxylic acids is 1. The van der Waals surface area contributed by atoms with E-state index >= 15 is 0 Å². The van der Waals surface area contributed by atoms with Crippen LogP contribution in [0.25, 0.3) is 0 Å². The standard InChI is InChI=1S/C19H18O6/c20-10-19-11-23-16(17(19)21)15(25-19)13-8-4-5-9-14(13)24-18(22)12-6-2-1-3-7-12/h1-9,15-17,20-21H,10-11H2. The Labute approximate surface area is 144 Å². The molecule has 2 aromatic carbocycles. The van der Waals surface area contributed by atoms with Gasteiger partial charge in [0.15, 0.2) is 0 Å². The predicted octanol–water partition coefficient (Wildman–Crippen LogP) is 1.47. The number of carbonyl (C=O) groups is 1. The van der Waals surface area contributed by atoms with E-state index in [0.717, 1.165) is 0 Å². The molecule has 6 nitrogen and oxygen atoms in total. The Balaban J connectivity index is 1.62. The number of fused-ring (bicyclic) bond motifs is 2. The lowest BCUT2D eigenvalue weighted by atomic mass is 9.97. The number of para-hydroxylation sites is 1. The summed E-state index contributed by atoms with van der Waals surface area (Å²) in [5.74, 6) is -0.132. The van der Waals surface area contributed by atoms with Crippen molar-refractivity contribution in [3.63, 3.8) is 0 Å². The number of hydrogen-bond acceptors (Lipinski definition) is 6. The van der Waals surface area contributed by atoms with Gasteiger partial charge in [0.05, 0.1) is 18.8 Å². The van der Waals surface area contributed by atoms with E-state index in [1.165, 1.54) is 0 Å². The first-order valence-corrected chi connectivity index (χ1v) is 8.09. The third-order valence-corrected chi connectivity index (χ3v) is 4.74. The Kier molecular flexibility index (Phi) is 4.05. The van der Waals surface area contributed by atoms with Crippen LogP contribution in [-0.2, 0) is 9.47 Å². The van der Waals surface area contributed by atoms with Crippen LogP contribution in [-0.4, -0.2) is 47.2 Å². The van der Waals surface area contributed by atoms with E-state index in [2.05, 4.69) is 0 Å². The molecule has 0 saturated carbocycles. The summed E-state index contributed by atoms with van der Waals surface area (Å²) in [6.45, 7) is -0.203. The number of esters is 1. The molecule has 2 aromatic rings. The maximum atomic E-state index is 12.3. The van der Waals surface area contributed by atoms with Crippen molar-refractivity contribution in [2.24, 2.45) is 0 Å². The van der Waals surface area contributed by atoms with Gasteiger partial charge < -0.3 is 24.4 Å². The summed E-state index contributed by atoms with van der Waals surface area (Å²) in [6.07, 6.45) is -2.15. The zero-order valence-electron chi connectivity index (χ0n) is 13.4. The number of aliphatic hydroxyl groups is 2. The van der Waals surface area contributed by atoms with Crippen LogP contribution in [0.15, 0.2) is 54.6 Å². The number of aliphatic hydroxyl groups excluding tert-OH is 2. The van der Waals surface area contributed by atoms with E-state index in [0.29, 0.717) is 16.9 Å². The van der Waals surface area contributed by atoms with Crippen molar-refractivity contribution in [1.82, 2.24) is 0 Å². The van der Waals surface area contributed by atoms with Gasteiger partial charge in [0.1, 0.15) is 29.7 Å². The van der Waals surface area contributed by atoms with E-state index < -0.39 is 29.9 Å². The van der Waals surface area contributed by atoms with Crippen molar-refractivity contribution in [3.8, 4) is 5.75 Å². The Morgan fingerprint density at radius 1 is 1.16 bits per heavy atom. The summed E-state index contributed by atoms with van der Waals surface area (Å²) >= 11 is 0. The maximum Gasteiger partial charge on any atom is 0.343 e. The molecule has 0 amide bonds. The van der Waals surface area contributed by atoms with Gasteiger partial charge in [0.2, 0.25) is 0 Å². The molecule has 2 aliphatic rings. The van der Waals surface area contributed by atoms with Crippen molar-refractivity contribution in [2.75, 3.05) is 13.2 Å². The van der Waals surface area contributed by atoms with Crippen LogP contribution in [0.3, 0.4) is 0 Å². The molecule has 0 spiro atoms. The summed E-state index contributed by atoms with van der Waals surface area (Å²) in [5, 5.41) is 19.9. The largest absolute Gasteiger partial charge is 0.423 e. The molecule has 6 heteroatoms. The molecule has 4 unspecified atom stereocenters. The van der Waals surface area contributed by atoms with E-state index in [-0.39, 0.29) is 13.2 Å². The minimum atomic E-state index is -1.12. The zero-order valence-corrected chi connectivity index (χ0v) is 13.4. The second-order valence-electron chi connectivity index (χ2n) is 6.28. The molecule has 0 aliphatic carbocycles. The lowest BCUT2D eigenvalue weighted by Gasteiger charge is -2.29. The lowest BCUT2D eigenvalue weighted by molar-refractivity contribution is -0.163. The summed E-state index contributed by atoms with van der Waals surface area (Å²) in [5.41, 5.74) is -0.0774. The topological polar surface area (TPSA) is 85.2 Å². The van der Waals surface area contributed by atoms with Gasteiger partial charge in [-0.2, -0.15) is 0 Å². The molecule has 25 heavy (non-hydrogen) atoms. The number of ether oxygens (including phenoxy) is 3. The highest BCUT2D eigenvalue weighted by Crippen LogP contribution is 2.48.